The van der Waals surface area contributed by atoms with E-state index >= 15 is 0 Å². The molecule has 0 aliphatic carbocycles. The molecule has 5 nitrogen and oxygen atoms in total. The third-order valence-electron chi connectivity index (χ3n) is 4.13. The minimum absolute atomic E-state index is 0.0797. The Balaban J connectivity index is 1.52. The van der Waals surface area contributed by atoms with Crippen LogP contribution < -0.4 is 5.32 Å². The lowest BCUT2D eigenvalue weighted by Gasteiger charge is -2.25. The van der Waals surface area contributed by atoms with Crippen molar-refractivity contribution in [1.29, 1.82) is 0 Å². The number of carbonyl (C=O) groups is 2. The van der Waals surface area contributed by atoms with Crippen LogP contribution in [-0.2, 0) is 4.79 Å². The highest BCUT2D eigenvalue weighted by atomic mass is 16.3. The number of furan rings is 1. The second-order valence-electron chi connectivity index (χ2n) is 5.64. The van der Waals surface area contributed by atoms with Gasteiger partial charge in [0, 0.05) is 19.5 Å². The van der Waals surface area contributed by atoms with Gasteiger partial charge in [-0.05, 0) is 30.5 Å². The van der Waals surface area contributed by atoms with E-state index in [0.29, 0.717) is 13.0 Å². The summed E-state index contributed by atoms with van der Waals surface area (Å²) in [6, 6.07) is 13.5. The van der Waals surface area contributed by atoms with Gasteiger partial charge >= 0.3 is 0 Å². The zero-order chi connectivity index (χ0) is 16.1. The highest BCUT2D eigenvalue weighted by molar-refractivity contribution is 5.91. The molecule has 5 heteroatoms. The van der Waals surface area contributed by atoms with Crippen LogP contribution in [0.3, 0.4) is 0 Å². The van der Waals surface area contributed by atoms with Crippen LogP contribution in [0.1, 0.15) is 41.4 Å². The van der Waals surface area contributed by atoms with Crippen molar-refractivity contribution in [3.05, 3.63) is 60.1 Å². The van der Waals surface area contributed by atoms with Gasteiger partial charge < -0.3 is 14.6 Å². The molecule has 2 amide bonds. The van der Waals surface area contributed by atoms with Gasteiger partial charge in [-0.1, -0.05) is 30.3 Å². The summed E-state index contributed by atoms with van der Waals surface area (Å²) in [6.07, 6.45) is 3.77. The molecule has 1 atom stereocenters. The molecule has 2 heterocycles. The number of hydrogen-bond donors (Lipinski definition) is 1. The van der Waals surface area contributed by atoms with Gasteiger partial charge in [0.15, 0.2) is 5.76 Å². The fourth-order valence-corrected chi connectivity index (χ4v) is 3.01. The number of carbonyl (C=O) groups excluding carboxylic acids is 2. The van der Waals surface area contributed by atoms with Crippen LogP contribution in [0.5, 0.6) is 0 Å². The predicted molar refractivity (Wildman–Crippen MR) is 85.8 cm³/mol. The molecule has 0 saturated carbocycles. The monoisotopic (exact) mass is 312 g/mol. The number of benzene rings is 1. The maximum Gasteiger partial charge on any atom is 0.286 e. The Kier molecular flexibility index (Phi) is 4.76. The van der Waals surface area contributed by atoms with Crippen molar-refractivity contribution in [2.45, 2.75) is 25.3 Å². The first kappa shape index (κ1) is 15.3. The van der Waals surface area contributed by atoms with Crippen LogP contribution >= 0.6 is 0 Å². The Labute approximate surface area is 135 Å². The van der Waals surface area contributed by atoms with Crippen LogP contribution in [0, 0.1) is 0 Å². The molecule has 1 fully saturated rings. The Hall–Kier alpha value is -2.56. The molecule has 120 valence electrons. The summed E-state index contributed by atoms with van der Waals surface area (Å²) in [5.74, 6) is 0.0562. The summed E-state index contributed by atoms with van der Waals surface area (Å²) in [5, 5.41) is 2.71. The molecule has 2 aromatic rings. The van der Waals surface area contributed by atoms with Crippen LogP contribution in [0.25, 0.3) is 0 Å². The van der Waals surface area contributed by atoms with E-state index in [4.69, 9.17) is 4.42 Å². The molecule has 1 saturated heterocycles. The normalized spacial score (nSPS) is 17.2. The Bertz CT molecular complexity index is 652. The fourth-order valence-electron chi connectivity index (χ4n) is 3.01. The first-order chi connectivity index (χ1) is 11.3. The smallest absolute Gasteiger partial charge is 0.286 e. The summed E-state index contributed by atoms with van der Waals surface area (Å²) < 4.78 is 5.02. The molecule has 0 radical (unpaired) electrons. The van der Waals surface area contributed by atoms with Crippen molar-refractivity contribution >= 4 is 11.8 Å². The lowest BCUT2D eigenvalue weighted by molar-refractivity contribution is -0.132. The highest BCUT2D eigenvalue weighted by Gasteiger charge is 2.29. The second-order valence-corrected chi connectivity index (χ2v) is 5.64. The zero-order valence-electron chi connectivity index (χ0n) is 12.9. The Morgan fingerprint density at radius 1 is 1.17 bits per heavy atom. The lowest BCUT2D eigenvalue weighted by atomic mass is 10.0. The molecule has 1 N–H and O–H groups in total. The quantitative estimate of drug-likeness (QED) is 0.923. The molecule has 0 bridgehead atoms. The molecule has 0 spiro atoms. The minimum Gasteiger partial charge on any atom is -0.459 e. The molecule has 23 heavy (non-hydrogen) atoms. The van der Waals surface area contributed by atoms with Gasteiger partial charge in [0.2, 0.25) is 5.91 Å². The van der Waals surface area contributed by atoms with Gasteiger partial charge in [0.05, 0.1) is 12.3 Å². The van der Waals surface area contributed by atoms with E-state index < -0.39 is 0 Å². The maximum atomic E-state index is 12.4. The molecule has 3 rings (SSSR count). The third-order valence-corrected chi connectivity index (χ3v) is 4.13. The summed E-state index contributed by atoms with van der Waals surface area (Å²) in [4.78, 5) is 26.1. The summed E-state index contributed by atoms with van der Waals surface area (Å²) in [5.41, 5.74) is 1.18. The highest BCUT2D eigenvalue weighted by Crippen LogP contribution is 2.32. The van der Waals surface area contributed by atoms with Crippen LogP contribution in [0.2, 0.25) is 0 Å². The minimum atomic E-state index is -0.288. The summed E-state index contributed by atoms with van der Waals surface area (Å²) in [7, 11) is 0. The van der Waals surface area contributed by atoms with Crippen molar-refractivity contribution in [1.82, 2.24) is 10.2 Å². The van der Waals surface area contributed by atoms with E-state index in [1.165, 1.54) is 11.8 Å². The number of hydrogen-bond acceptors (Lipinski definition) is 3. The van der Waals surface area contributed by atoms with Gasteiger partial charge in [-0.25, -0.2) is 0 Å². The topological polar surface area (TPSA) is 62.6 Å². The van der Waals surface area contributed by atoms with Gasteiger partial charge in [-0.3, -0.25) is 9.59 Å². The van der Waals surface area contributed by atoms with E-state index in [0.717, 1.165) is 19.4 Å². The third kappa shape index (κ3) is 3.62. The number of amides is 2. The summed E-state index contributed by atoms with van der Waals surface area (Å²) >= 11 is 0. The molecule has 1 aromatic heterocycles. The molecule has 1 aliphatic rings. The molecule has 1 aliphatic heterocycles. The van der Waals surface area contributed by atoms with Crippen molar-refractivity contribution in [3.63, 3.8) is 0 Å². The van der Waals surface area contributed by atoms with Crippen LogP contribution in [0.4, 0.5) is 0 Å². The van der Waals surface area contributed by atoms with E-state index in [2.05, 4.69) is 17.4 Å². The van der Waals surface area contributed by atoms with Gasteiger partial charge in [-0.15, -0.1) is 0 Å². The van der Waals surface area contributed by atoms with Crippen LogP contribution in [-0.4, -0.2) is 29.8 Å². The second kappa shape index (κ2) is 7.13. The Morgan fingerprint density at radius 3 is 2.74 bits per heavy atom. The van der Waals surface area contributed by atoms with Crippen LogP contribution in [0.15, 0.2) is 53.1 Å². The average molecular weight is 312 g/mol. The zero-order valence-corrected chi connectivity index (χ0v) is 12.9. The largest absolute Gasteiger partial charge is 0.459 e. The first-order valence-corrected chi connectivity index (χ1v) is 7.92. The van der Waals surface area contributed by atoms with Gasteiger partial charge in [0.1, 0.15) is 0 Å². The number of nitrogens with zero attached hydrogens (tertiary/aromatic N) is 1. The van der Waals surface area contributed by atoms with Crippen molar-refractivity contribution in [3.8, 4) is 0 Å². The lowest BCUT2D eigenvalue weighted by Crippen LogP contribution is -2.34. The maximum absolute atomic E-state index is 12.4. The number of nitrogens with one attached hydrogen (secondary N) is 1. The van der Waals surface area contributed by atoms with E-state index in [9.17, 15) is 9.59 Å². The molecular formula is C18H20N2O3. The Morgan fingerprint density at radius 2 is 2.00 bits per heavy atom. The predicted octanol–water partition coefficient (Wildman–Crippen LogP) is 2.76. The fraction of sp³-hybridized carbons (Fsp3) is 0.333. The molecular weight excluding hydrogens is 292 g/mol. The standard InChI is InChI=1S/C18H20N2O3/c21-17(10-11-19-18(22)16-9-5-13-23-16)20-12-4-8-15(20)14-6-2-1-3-7-14/h1-3,5-7,9,13,15H,4,8,10-12H2,(H,19,22)/t15-/m0/s1. The van der Waals surface area contributed by atoms with Crippen molar-refractivity contribution in [2.24, 2.45) is 0 Å². The summed E-state index contributed by atoms with van der Waals surface area (Å²) in [6.45, 7) is 1.10. The molecule has 0 unspecified atom stereocenters. The van der Waals surface area contributed by atoms with E-state index in [1.807, 2.05) is 23.1 Å². The van der Waals surface area contributed by atoms with Gasteiger partial charge in [-0.2, -0.15) is 0 Å². The number of likely N-dealkylation sites (tertiary alicyclic amines) is 1. The SMILES string of the molecule is O=C(NCCC(=O)N1CCC[C@H]1c1ccccc1)c1ccco1. The first-order valence-electron chi connectivity index (χ1n) is 7.92. The number of rotatable bonds is 5. The average Bonchev–Trinajstić information content (AvgIpc) is 3.27. The van der Waals surface area contributed by atoms with Gasteiger partial charge in [0.25, 0.3) is 5.91 Å². The molecule has 1 aromatic carbocycles. The van der Waals surface area contributed by atoms with Crippen molar-refractivity contribution in [2.75, 3.05) is 13.1 Å². The van der Waals surface area contributed by atoms with E-state index in [-0.39, 0.29) is 23.6 Å². The van der Waals surface area contributed by atoms with Crippen molar-refractivity contribution < 1.29 is 14.0 Å². The van der Waals surface area contributed by atoms with E-state index in [1.54, 1.807) is 12.1 Å².